The zero-order valence-corrected chi connectivity index (χ0v) is 12.5. The number of carbonyl (C=O) groups excluding carboxylic acids is 1. The van der Waals surface area contributed by atoms with Gasteiger partial charge >= 0.3 is 11.9 Å². The van der Waals surface area contributed by atoms with E-state index in [-0.39, 0.29) is 0 Å². The van der Waals surface area contributed by atoms with Gasteiger partial charge < -0.3 is 14.6 Å². The number of aliphatic carboxylic acids is 1. The molecule has 22 heavy (non-hydrogen) atoms. The fraction of sp³-hybridized carbons (Fsp3) is 0.294. The van der Waals surface area contributed by atoms with Gasteiger partial charge in [-0.15, -0.1) is 0 Å². The van der Waals surface area contributed by atoms with Crippen molar-refractivity contribution >= 4 is 11.9 Å². The molecule has 1 aliphatic rings. The highest BCUT2D eigenvalue weighted by atomic mass is 16.7. The van der Waals surface area contributed by atoms with E-state index in [1.165, 1.54) is 18.2 Å². The van der Waals surface area contributed by atoms with Gasteiger partial charge in [0.1, 0.15) is 5.76 Å². The maximum atomic E-state index is 11.4. The lowest BCUT2D eigenvalue weighted by Crippen LogP contribution is -2.34. The number of rotatable bonds is 5. The Kier molecular flexibility index (Phi) is 4.65. The van der Waals surface area contributed by atoms with Crippen LogP contribution < -0.4 is 0 Å². The second-order valence-corrected chi connectivity index (χ2v) is 5.46. The summed E-state index contributed by atoms with van der Waals surface area (Å²) in [6.45, 7) is 3.23. The standard InChI is InChI=1S/C17H18O5/c1-17(2)21-14(11-15(18)22-17)9-8-13(16(19)20)10-12-6-4-3-5-7-12/h3-9,11,13H,10H2,1-2H3,(H,19,20)/b9-8+/t13-/m1/s1. The molecule has 0 saturated carbocycles. The molecule has 0 unspecified atom stereocenters. The van der Waals surface area contributed by atoms with Crippen LogP contribution in [0, 0.1) is 5.92 Å². The summed E-state index contributed by atoms with van der Waals surface area (Å²) in [7, 11) is 0. The molecule has 5 heteroatoms. The molecule has 0 bridgehead atoms. The van der Waals surface area contributed by atoms with Crippen LogP contribution in [-0.4, -0.2) is 22.8 Å². The lowest BCUT2D eigenvalue weighted by Gasteiger charge is -2.29. The van der Waals surface area contributed by atoms with Crippen molar-refractivity contribution in [3.8, 4) is 0 Å². The van der Waals surface area contributed by atoms with Crippen molar-refractivity contribution in [1.82, 2.24) is 0 Å². The minimum absolute atomic E-state index is 0.292. The molecular weight excluding hydrogens is 284 g/mol. The van der Waals surface area contributed by atoms with E-state index in [1.54, 1.807) is 13.8 Å². The fourth-order valence-electron chi connectivity index (χ4n) is 2.12. The average Bonchev–Trinajstić information content (AvgIpc) is 2.42. The van der Waals surface area contributed by atoms with Gasteiger partial charge in [-0.3, -0.25) is 4.79 Å². The number of carboxylic acid groups (broad SMARTS) is 1. The Morgan fingerprint density at radius 3 is 2.55 bits per heavy atom. The average molecular weight is 302 g/mol. The lowest BCUT2D eigenvalue weighted by molar-refractivity contribution is -0.203. The third-order valence-electron chi connectivity index (χ3n) is 3.08. The second kappa shape index (κ2) is 6.47. The maximum Gasteiger partial charge on any atom is 0.337 e. The zero-order valence-electron chi connectivity index (χ0n) is 12.5. The Morgan fingerprint density at radius 1 is 1.27 bits per heavy atom. The number of carbonyl (C=O) groups is 2. The number of ether oxygens (including phenoxy) is 2. The van der Waals surface area contributed by atoms with Gasteiger partial charge in [-0.05, 0) is 18.1 Å². The topological polar surface area (TPSA) is 72.8 Å². The molecule has 0 fully saturated rings. The molecular formula is C17H18O5. The van der Waals surface area contributed by atoms with E-state index in [9.17, 15) is 14.7 Å². The van der Waals surface area contributed by atoms with Crippen molar-refractivity contribution in [2.24, 2.45) is 5.92 Å². The van der Waals surface area contributed by atoms with Crippen LogP contribution in [0.1, 0.15) is 19.4 Å². The lowest BCUT2D eigenvalue weighted by atomic mass is 9.99. The minimum atomic E-state index is -1.05. The third-order valence-corrected chi connectivity index (χ3v) is 3.08. The molecule has 0 radical (unpaired) electrons. The van der Waals surface area contributed by atoms with Crippen molar-refractivity contribution in [3.63, 3.8) is 0 Å². The van der Waals surface area contributed by atoms with Crippen LogP contribution in [0.15, 0.2) is 54.3 Å². The molecule has 0 amide bonds. The molecule has 0 aromatic heterocycles. The predicted molar refractivity (Wildman–Crippen MR) is 79.8 cm³/mol. The number of hydrogen-bond acceptors (Lipinski definition) is 4. The highest BCUT2D eigenvalue weighted by molar-refractivity contribution is 5.84. The summed E-state index contributed by atoms with van der Waals surface area (Å²) in [6, 6.07) is 9.36. The van der Waals surface area contributed by atoms with E-state index in [2.05, 4.69) is 0 Å². The first-order valence-corrected chi connectivity index (χ1v) is 6.94. The molecule has 0 spiro atoms. The van der Waals surface area contributed by atoms with Crippen molar-refractivity contribution < 1.29 is 24.2 Å². The molecule has 116 valence electrons. The molecule has 1 aromatic carbocycles. The summed E-state index contributed by atoms with van der Waals surface area (Å²) in [5.74, 6) is -2.90. The quantitative estimate of drug-likeness (QED) is 0.847. The fourth-order valence-corrected chi connectivity index (χ4v) is 2.12. The van der Waals surface area contributed by atoms with E-state index >= 15 is 0 Å². The monoisotopic (exact) mass is 302 g/mol. The van der Waals surface area contributed by atoms with Crippen LogP contribution in [0.5, 0.6) is 0 Å². The van der Waals surface area contributed by atoms with Gasteiger partial charge in [0, 0.05) is 13.8 Å². The van der Waals surface area contributed by atoms with E-state index < -0.39 is 23.6 Å². The van der Waals surface area contributed by atoms with Gasteiger partial charge in [0.2, 0.25) is 5.79 Å². The number of hydrogen-bond donors (Lipinski definition) is 1. The number of carboxylic acids is 1. The summed E-state index contributed by atoms with van der Waals surface area (Å²) in [5, 5.41) is 9.32. The van der Waals surface area contributed by atoms with Gasteiger partial charge in [-0.25, -0.2) is 4.79 Å². The second-order valence-electron chi connectivity index (χ2n) is 5.46. The predicted octanol–water partition coefficient (Wildman–Crippen LogP) is 2.68. The molecule has 1 aliphatic heterocycles. The highest BCUT2D eigenvalue weighted by Crippen LogP contribution is 2.23. The van der Waals surface area contributed by atoms with E-state index in [4.69, 9.17) is 9.47 Å². The molecule has 1 aromatic rings. The van der Waals surface area contributed by atoms with Crippen LogP contribution in [0.2, 0.25) is 0 Å². The SMILES string of the molecule is CC1(C)OC(=O)C=C(/C=C/[C@H](Cc2ccccc2)C(=O)O)O1. The van der Waals surface area contributed by atoms with Crippen LogP contribution in [0.25, 0.3) is 0 Å². The van der Waals surface area contributed by atoms with Gasteiger partial charge in [-0.1, -0.05) is 36.4 Å². The summed E-state index contributed by atoms with van der Waals surface area (Å²) in [4.78, 5) is 22.8. The Hall–Kier alpha value is -2.56. The third kappa shape index (κ3) is 4.48. The van der Waals surface area contributed by atoms with Crippen LogP contribution in [-0.2, 0) is 25.5 Å². The molecule has 1 heterocycles. The first kappa shape index (κ1) is 15.8. The molecule has 0 saturated heterocycles. The van der Waals surface area contributed by atoms with E-state index in [1.807, 2.05) is 30.3 Å². The molecule has 1 atom stereocenters. The maximum absolute atomic E-state index is 11.4. The Balaban J connectivity index is 2.11. The van der Waals surface area contributed by atoms with Gasteiger partial charge in [0.15, 0.2) is 0 Å². The van der Waals surface area contributed by atoms with Gasteiger partial charge in [0.25, 0.3) is 0 Å². The molecule has 5 nitrogen and oxygen atoms in total. The minimum Gasteiger partial charge on any atom is -0.481 e. The highest BCUT2D eigenvalue weighted by Gasteiger charge is 2.29. The van der Waals surface area contributed by atoms with Crippen LogP contribution in [0.4, 0.5) is 0 Å². The molecule has 1 N–H and O–H groups in total. The Morgan fingerprint density at radius 2 is 1.95 bits per heavy atom. The Labute approximate surface area is 128 Å². The Bertz CT molecular complexity index is 613. The number of esters is 1. The van der Waals surface area contributed by atoms with Crippen LogP contribution >= 0.6 is 0 Å². The summed E-state index contributed by atoms with van der Waals surface area (Å²) in [5.41, 5.74) is 0.929. The molecule has 2 rings (SSSR count). The number of allylic oxidation sites excluding steroid dienone is 1. The largest absolute Gasteiger partial charge is 0.481 e. The number of cyclic esters (lactones) is 1. The summed E-state index contributed by atoms with van der Waals surface area (Å²) in [6.07, 6.45) is 4.59. The van der Waals surface area contributed by atoms with E-state index in [0.29, 0.717) is 12.2 Å². The normalized spacial score (nSPS) is 18.3. The summed E-state index contributed by atoms with van der Waals surface area (Å²) >= 11 is 0. The molecule has 0 aliphatic carbocycles. The first-order chi connectivity index (χ1) is 10.4. The smallest absolute Gasteiger partial charge is 0.337 e. The van der Waals surface area contributed by atoms with Crippen molar-refractivity contribution in [3.05, 3.63) is 59.9 Å². The van der Waals surface area contributed by atoms with Gasteiger partial charge in [-0.2, -0.15) is 0 Å². The van der Waals surface area contributed by atoms with Crippen molar-refractivity contribution in [1.29, 1.82) is 0 Å². The van der Waals surface area contributed by atoms with E-state index in [0.717, 1.165) is 5.56 Å². The number of benzene rings is 1. The van der Waals surface area contributed by atoms with Crippen molar-refractivity contribution in [2.75, 3.05) is 0 Å². The van der Waals surface area contributed by atoms with Crippen molar-refractivity contribution in [2.45, 2.75) is 26.1 Å². The van der Waals surface area contributed by atoms with Gasteiger partial charge in [0.05, 0.1) is 12.0 Å². The summed E-state index contributed by atoms with van der Waals surface area (Å²) < 4.78 is 10.4. The first-order valence-electron chi connectivity index (χ1n) is 6.94. The zero-order chi connectivity index (χ0) is 16.2. The van der Waals surface area contributed by atoms with Crippen LogP contribution in [0.3, 0.4) is 0 Å².